The molecule has 1 aliphatic rings. The highest BCUT2D eigenvalue weighted by Crippen LogP contribution is 2.33. The Balaban J connectivity index is 1.40. The highest BCUT2D eigenvalue weighted by molar-refractivity contribution is 7.99. The predicted octanol–water partition coefficient (Wildman–Crippen LogP) is 4.18. The lowest BCUT2D eigenvalue weighted by molar-refractivity contribution is -0.113. The number of fused-ring (bicyclic) bond motifs is 1. The molecule has 0 fully saturated rings. The van der Waals surface area contributed by atoms with Crippen LogP contribution in [0.3, 0.4) is 0 Å². The first-order valence-corrected chi connectivity index (χ1v) is 11.0. The van der Waals surface area contributed by atoms with Crippen LogP contribution in [-0.2, 0) is 11.3 Å². The third kappa shape index (κ3) is 4.14. The van der Waals surface area contributed by atoms with Gasteiger partial charge >= 0.3 is 0 Å². The molecule has 4 rings (SSSR count). The molecule has 0 saturated heterocycles. The first-order valence-electron chi connectivity index (χ1n) is 9.99. The first-order chi connectivity index (χ1) is 14.6. The molecule has 1 amide bonds. The van der Waals surface area contributed by atoms with Crippen molar-refractivity contribution in [2.24, 2.45) is 0 Å². The molecule has 0 radical (unpaired) electrons. The fraction of sp³-hybridized carbons (Fsp3) is 0.318. The molecule has 30 heavy (non-hydrogen) atoms. The molecule has 7 nitrogen and oxygen atoms in total. The monoisotopic (exact) mass is 423 g/mol. The average molecular weight is 424 g/mol. The van der Waals surface area contributed by atoms with E-state index in [0.717, 1.165) is 52.4 Å². The van der Waals surface area contributed by atoms with E-state index in [-0.39, 0.29) is 11.7 Å². The molecule has 0 saturated carbocycles. The zero-order chi connectivity index (χ0) is 21.1. The topological polar surface area (TPSA) is 72.3 Å². The minimum absolute atomic E-state index is 0.0487. The summed E-state index contributed by atoms with van der Waals surface area (Å²) in [6.07, 6.45) is 0. The van der Waals surface area contributed by atoms with Gasteiger partial charge < -0.3 is 15.0 Å². The number of nitrogens with one attached hydrogen (secondary N) is 1. The number of hydrogen-bond acceptors (Lipinski definition) is 6. The minimum Gasteiger partial charge on any atom is -0.494 e. The van der Waals surface area contributed by atoms with Gasteiger partial charge in [-0.05, 0) is 62.2 Å². The van der Waals surface area contributed by atoms with Crippen LogP contribution in [0, 0.1) is 13.8 Å². The number of aryl methyl sites for hydroxylation is 1. The summed E-state index contributed by atoms with van der Waals surface area (Å²) in [5.41, 5.74) is 4.15. The van der Waals surface area contributed by atoms with Gasteiger partial charge in [0.2, 0.25) is 11.9 Å². The Morgan fingerprint density at radius 1 is 1.13 bits per heavy atom. The van der Waals surface area contributed by atoms with Crippen molar-refractivity contribution >= 4 is 35.0 Å². The summed E-state index contributed by atoms with van der Waals surface area (Å²) in [7, 11) is 0. The lowest BCUT2D eigenvalue weighted by Gasteiger charge is -2.15. The molecule has 0 aliphatic carbocycles. The third-order valence-corrected chi connectivity index (χ3v) is 6.12. The van der Waals surface area contributed by atoms with Crippen molar-refractivity contribution in [3.8, 4) is 5.75 Å². The maximum Gasteiger partial charge on any atom is 0.234 e. The summed E-state index contributed by atoms with van der Waals surface area (Å²) in [6, 6.07) is 13.9. The number of amides is 1. The fourth-order valence-corrected chi connectivity index (χ4v) is 4.18. The Hall–Kier alpha value is -3.00. The van der Waals surface area contributed by atoms with E-state index in [0.29, 0.717) is 6.61 Å². The second-order valence-electron chi connectivity index (χ2n) is 7.10. The minimum atomic E-state index is -0.0487. The van der Waals surface area contributed by atoms with E-state index in [2.05, 4.69) is 25.0 Å². The first kappa shape index (κ1) is 20.3. The largest absolute Gasteiger partial charge is 0.494 e. The third-order valence-electron chi connectivity index (χ3n) is 5.16. The molecule has 0 bridgehead atoms. The van der Waals surface area contributed by atoms with Crippen LogP contribution in [-0.4, -0.2) is 39.6 Å². The summed E-state index contributed by atoms with van der Waals surface area (Å²) >= 11 is 1.41. The summed E-state index contributed by atoms with van der Waals surface area (Å²) in [5.74, 6) is 1.89. The van der Waals surface area contributed by atoms with Crippen LogP contribution in [0.25, 0.3) is 0 Å². The molecule has 0 spiro atoms. The smallest absolute Gasteiger partial charge is 0.234 e. The van der Waals surface area contributed by atoms with Crippen molar-refractivity contribution in [1.82, 2.24) is 14.8 Å². The number of anilines is 3. The zero-order valence-corrected chi connectivity index (χ0v) is 18.2. The van der Waals surface area contributed by atoms with Gasteiger partial charge in [0.05, 0.1) is 12.4 Å². The van der Waals surface area contributed by atoms with Crippen LogP contribution < -0.4 is 15.0 Å². The lowest BCUT2D eigenvalue weighted by atomic mass is 10.1. The SMILES string of the molecule is CCOc1ccc(N2CCn3c(SCC(=O)Nc4cccc(C)c4C)nnc32)cc1. The summed E-state index contributed by atoms with van der Waals surface area (Å²) in [5, 5.41) is 12.4. The number of nitrogens with zero attached hydrogens (tertiary/aromatic N) is 4. The Kier molecular flexibility index (Phi) is 5.94. The number of ether oxygens (including phenoxy) is 1. The van der Waals surface area contributed by atoms with E-state index < -0.39 is 0 Å². The van der Waals surface area contributed by atoms with Crippen LogP contribution >= 0.6 is 11.8 Å². The van der Waals surface area contributed by atoms with Crippen LogP contribution in [0.2, 0.25) is 0 Å². The zero-order valence-electron chi connectivity index (χ0n) is 17.4. The molecule has 2 aromatic carbocycles. The van der Waals surface area contributed by atoms with E-state index in [1.807, 2.05) is 63.2 Å². The van der Waals surface area contributed by atoms with Gasteiger partial charge in [-0.25, -0.2) is 0 Å². The second-order valence-corrected chi connectivity index (χ2v) is 8.04. The van der Waals surface area contributed by atoms with E-state index in [1.54, 1.807) is 0 Å². The van der Waals surface area contributed by atoms with Crippen molar-refractivity contribution in [3.63, 3.8) is 0 Å². The maximum atomic E-state index is 12.4. The van der Waals surface area contributed by atoms with Crippen LogP contribution in [0.5, 0.6) is 5.75 Å². The van der Waals surface area contributed by atoms with Gasteiger partial charge in [0.15, 0.2) is 5.16 Å². The molecule has 3 aromatic rings. The molecule has 156 valence electrons. The standard InChI is InChI=1S/C22H25N5O2S/c1-4-29-18-10-8-17(9-11-18)26-12-13-27-21(26)24-25-22(27)30-14-20(28)23-19-7-5-6-15(2)16(19)3/h5-11H,4,12-14H2,1-3H3,(H,23,28). The summed E-state index contributed by atoms with van der Waals surface area (Å²) < 4.78 is 7.58. The second kappa shape index (κ2) is 8.79. The number of hydrogen-bond donors (Lipinski definition) is 1. The van der Waals surface area contributed by atoms with Gasteiger partial charge in [-0.3, -0.25) is 9.36 Å². The molecule has 1 aromatic heterocycles. The molecular weight excluding hydrogens is 398 g/mol. The maximum absolute atomic E-state index is 12.4. The summed E-state index contributed by atoms with van der Waals surface area (Å²) in [4.78, 5) is 14.6. The Morgan fingerprint density at radius 3 is 2.70 bits per heavy atom. The molecule has 0 unspecified atom stereocenters. The highest BCUT2D eigenvalue weighted by Gasteiger charge is 2.26. The number of aromatic nitrogens is 3. The fourth-order valence-electron chi connectivity index (χ4n) is 3.42. The molecule has 1 aliphatic heterocycles. The van der Waals surface area contributed by atoms with Crippen LogP contribution in [0.4, 0.5) is 17.3 Å². The summed E-state index contributed by atoms with van der Waals surface area (Å²) in [6.45, 7) is 8.28. The number of rotatable bonds is 7. The Labute approximate surface area is 180 Å². The van der Waals surface area contributed by atoms with Crippen molar-refractivity contribution in [3.05, 3.63) is 53.6 Å². The molecular formula is C22H25N5O2S. The van der Waals surface area contributed by atoms with Gasteiger partial charge in [-0.1, -0.05) is 23.9 Å². The predicted molar refractivity (Wildman–Crippen MR) is 120 cm³/mol. The number of benzene rings is 2. The van der Waals surface area contributed by atoms with Crippen molar-refractivity contribution in [2.45, 2.75) is 32.5 Å². The molecule has 1 N–H and O–H groups in total. The molecule has 8 heteroatoms. The van der Waals surface area contributed by atoms with Gasteiger partial charge in [0.1, 0.15) is 5.75 Å². The van der Waals surface area contributed by atoms with Crippen LogP contribution in [0.1, 0.15) is 18.1 Å². The van der Waals surface area contributed by atoms with Crippen LogP contribution in [0.15, 0.2) is 47.6 Å². The molecule has 2 heterocycles. The van der Waals surface area contributed by atoms with Crippen molar-refractivity contribution in [2.75, 3.05) is 29.1 Å². The van der Waals surface area contributed by atoms with E-state index in [1.165, 1.54) is 11.8 Å². The van der Waals surface area contributed by atoms with E-state index in [9.17, 15) is 4.79 Å². The number of thioether (sulfide) groups is 1. The molecule has 0 atom stereocenters. The highest BCUT2D eigenvalue weighted by atomic mass is 32.2. The quantitative estimate of drug-likeness (QED) is 0.575. The Morgan fingerprint density at radius 2 is 1.93 bits per heavy atom. The number of carbonyl (C=O) groups excluding carboxylic acids is 1. The van der Waals surface area contributed by atoms with E-state index in [4.69, 9.17) is 4.74 Å². The lowest BCUT2D eigenvalue weighted by Crippen LogP contribution is -2.15. The normalized spacial score (nSPS) is 12.7. The van der Waals surface area contributed by atoms with Gasteiger partial charge in [-0.15, -0.1) is 10.2 Å². The average Bonchev–Trinajstić information content (AvgIpc) is 3.33. The van der Waals surface area contributed by atoms with Crippen molar-refractivity contribution < 1.29 is 9.53 Å². The van der Waals surface area contributed by atoms with Gasteiger partial charge in [0.25, 0.3) is 0 Å². The van der Waals surface area contributed by atoms with Gasteiger partial charge in [0, 0.05) is 24.5 Å². The van der Waals surface area contributed by atoms with E-state index >= 15 is 0 Å². The van der Waals surface area contributed by atoms with Crippen molar-refractivity contribution in [1.29, 1.82) is 0 Å². The number of carbonyl (C=O) groups is 1. The Bertz CT molecular complexity index is 1050. The van der Waals surface area contributed by atoms with Gasteiger partial charge in [-0.2, -0.15) is 0 Å².